The number of halogens is 6. The maximum Gasteiger partial charge on any atom is 0.435 e. The number of rotatable bonds is 5. The average molecular weight is 532 g/mol. The first-order valence-electron chi connectivity index (χ1n) is 11.0. The molecule has 0 spiro atoms. The summed E-state index contributed by atoms with van der Waals surface area (Å²) < 4.78 is 56.6. The van der Waals surface area contributed by atoms with Crippen molar-refractivity contribution in [1.29, 1.82) is 0 Å². The minimum atomic E-state index is -4.88. The maximum absolute atomic E-state index is 14.2. The summed E-state index contributed by atoms with van der Waals surface area (Å²) in [5.41, 5.74) is -1.10. The minimum Gasteiger partial charge on any atom is -0.372 e. The van der Waals surface area contributed by atoms with E-state index in [-0.39, 0.29) is 18.3 Å². The second kappa shape index (κ2) is 9.50. The summed E-state index contributed by atoms with van der Waals surface area (Å²) in [5.74, 6) is -0.663. The standard InChI is InChI=1S/C24H23Cl2F4N3O2/c1-13(2)5-6-31-22(34)14-3-4-15-11-33(12-16(15)7-14)20-10-23(35-32-20,24(28,29)30)17-8-18(25)21(27)19(26)9-17/h3-4,7-9,13H,5-6,10-12H2,1-2H3,(H,31,34). The molecule has 0 aliphatic carbocycles. The molecule has 35 heavy (non-hydrogen) atoms. The van der Waals surface area contributed by atoms with Gasteiger partial charge < -0.3 is 15.1 Å². The predicted octanol–water partition coefficient (Wildman–Crippen LogP) is 6.42. The molecule has 4 rings (SSSR count). The number of nitrogens with one attached hydrogen (secondary N) is 1. The van der Waals surface area contributed by atoms with Crippen LogP contribution in [0.25, 0.3) is 0 Å². The van der Waals surface area contributed by atoms with Gasteiger partial charge in [0.25, 0.3) is 11.5 Å². The topological polar surface area (TPSA) is 53.9 Å². The molecule has 0 saturated heterocycles. The first-order chi connectivity index (χ1) is 16.4. The lowest BCUT2D eigenvalue weighted by Crippen LogP contribution is -2.44. The number of fused-ring (bicyclic) bond motifs is 1. The van der Waals surface area contributed by atoms with E-state index >= 15 is 0 Å². The largest absolute Gasteiger partial charge is 0.435 e. The van der Waals surface area contributed by atoms with Crippen LogP contribution in [-0.2, 0) is 23.5 Å². The van der Waals surface area contributed by atoms with E-state index < -0.39 is 39.6 Å². The van der Waals surface area contributed by atoms with Gasteiger partial charge in [0, 0.05) is 30.8 Å². The molecule has 188 valence electrons. The molecule has 1 amide bonds. The van der Waals surface area contributed by atoms with Crippen molar-refractivity contribution in [3.05, 3.63) is 68.4 Å². The van der Waals surface area contributed by atoms with Crippen molar-refractivity contribution < 1.29 is 27.2 Å². The van der Waals surface area contributed by atoms with E-state index in [0.717, 1.165) is 29.7 Å². The first-order valence-corrected chi connectivity index (χ1v) is 11.8. The number of hydrogen-bond donors (Lipinski definition) is 1. The van der Waals surface area contributed by atoms with E-state index in [2.05, 4.69) is 24.3 Å². The van der Waals surface area contributed by atoms with E-state index in [1.54, 1.807) is 23.1 Å². The van der Waals surface area contributed by atoms with Crippen LogP contribution in [-0.4, -0.2) is 29.4 Å². The van der Waals surface area contributed by atoms with E-state index in [4.69, 9.17) is 28.0 Å². The maximum atomic E-state index is 14.2. The molecule has 2 aromatic rings. The van der Waals surface area contributed by atoms with Crippen molar-refractivity contribution in [2.24, 2.45) is 11.1 Å². The quantitative estimate of drug-likeness (QED) is 0.358. The second-order valence-electron chi connectivity index (χ2n) is 9.13. The molecule has 5 nitrogen and oxygen atoms in total. The molecular formula is C24H23Cl2F4N3O2. The molecule has 0 aromatic heterocycles. The number of alkyl halides is 3. The lowest BCUT2D eigenvalue weighted by Gasteiger charge is -2.30. The lowest BCUT2D eigenvalue weighted by atomic mass is 9.89. The van der Waals surface area contributed by atoms with Gasteiger partial charge in [-0.2, -0.15) is 13.2 Å². The third-order valence-corrected chi connectivity index (χ3v) is 6.74. The smallest absolute Gasteiger partial charge is 0.372 e. The fourth-order valence-electron chi connectivity index (χ4n) is 4.14. The van der Waals surface area contributed by atoms with Gasteiger partial charge in [-0.05, 0) is 47.7 Å². The third-order valence-electron chi connectivity index (χ3n) is 6.19. The van der Waals surface area contributed by atoms with Gasteiger partial charge in [-0.3, -0.25) is 4.79 Å². The third kappa shape index (κ3) is 4.93. The van der Waals surface area contributed by atoms with Crippen LogP contribution in [0.1, 0.15) is 53.7 Å². The van der Waals surface area contributed by atoms with Gasteiger partial charge >= 0.3 is 6.18 Å². The molecule has 0 saturated carbocycles. The van der Waals surface area contributed by atoms with Gasteiger partial charge in [-0.1, -0.05) is 48.3 Å². The van der Waals surface area contributed by atoms with Crippen LogP contribution >= 0.6 is 23.2 Å². The number of carbonyl (C=O) groups excluding carboxylic acids is 1. The fraction of sp³-hybridized carbons (Fsp3) is 0.417. The van der Waals surface area contributed by atoms with Crippen molar-refractivity contribution in [3.63, 3.8) is 0 Å². The number of carbonyl (C=O) groups is 1. The highest BCUT2D eigenvalue weighted by molar-refractivity contribution is 6.35. The highest BCUT2D eigenvalue weighted by Crippen LogP contribution is 2.50. The Bertz CT molecular complexity index is 1160. The van der Waals surface area contributed by atoms with Crippen LogP contribution in [0, 0.1) is 11.7 Å². The Morgan fingerprint density at radius 1 is 1.17 bits per heavy atom. The summed E-state index contributed by atoms with van der Waals surface area (Å²) in [6.45, 7) is 5.27. The zero-order valence-electron chi connectivity index (χ0n) is 19.0. The van der Waals surface area contributed by atoms with Crippen LogP contribution in [0.15, 0.2) is 35.5 Å². The summed E-state index contributed by atoms with van der Waals surface area (Å²) in [7, 11) is 0. The predicted molar refractivity (Wildman–Crippen MR) is 125 cm³/mol. The zero-order valence-corrected chi connectivity index (χ0v) is 20.5. The number of oxime groups is 1. The molecule has 2 aliphatic rings. The van der Waals surface area contributed by atoms with Crippen LogP contribution in [0.4, 0.5) is 17.6 Å². The van der Waals surface area contributed by atoms with Crippen molar-refractivity contribution in [1.82, 2.24) is 10.2 Å². The molecule has 1 unspecified atom stereocenters. The molecule has 0 radical (unpaired) electrons. The van der Waals surface area contributed by atoms with Gasteiger partial charge in [0.15, 0.2) is 5.82 Å². The summed E-state index contributed by atoms with van der Waals surface area (Å²) in [4.78, 5) is 19.1. The molecular weight excluding hydrogens is 509 g/mol. The second-order valence-corrected chi connectivity index (χ2v) is 9.95. The summed E-state index contributed by atoms with van der Waals surface area (Å²) >= 11 is 11.5. The van der Waals surface area contributed by atoms with Crippen molar-refractivity contribution in [3.8, 4) is 0 Å². The Hall–Kier alpha value is -2.52. The zero-order chi connectivity index (χ0) is 25.5. The van der Waals surface area contributed by atoms with Gasteiger partial charge in [-0.25, -0.2) is 4.39 Å². The van der Waals surface area contributed by atoms with Crippen LogP contribution in [0.2, 0.25) is 10.0 Å². The average Bonchev–Trinajstić information content (AvgIpc) is 3.41. The summed E-state index contributed by atoms with van der Waals surface area (Å²) in [6.07, 6.45) is -4.66. The Morgan fingerprint density at radius 3 is 2.46 bits per heavy atom. The van der Waals surface area contributed by atoms with Crippen molar-refractivity contribution >= 4 is 34.9 Å². The number of nitrogens with zero attached hydrogens (tertiary/aromatic N) is 2. The van der Waals surface area contributed by atoms with Crippen LogP contribution in [0.3, 0.4) is 0 Å². The number of amides is 1. The van der Waals surface area contributed by atoms with Gasteiger partial charge in [-0.15, -0.1) is 0 Å². The van der Waals surface area contributed by atoms with Crippen LogP contribution in [0.5, 0.6) is 0 Å². The molecule has 1 N–H and O–H groups in total. The highest BCUT2D eigenvalue weighted by atomic mass is 35.5. The molecule has 2 aliphatic heterocycles. The summed E-state index contributed by atoms with van der Waals surface area (Å²) in [5, 5.41) is 5.55. The number of benzene rings is 2. The van der Waals surface area contributed by atoms with Gasteiger partial charge in [0.2, 0.25) is 0 Å². The Morgan fingerprint density at radius 2 is 1.83 bits per heavy atom. The molecule has 2 aromatic carbocycles. The molecule has 2 heterocycles. The van der Waals surface area contributed by atoms with Gasteiger partial charge in [0.05, 0.1) is 16.5 Å². The Balaban J connectivity index is 1.52. The van der Waals surface area contributed by atoms with E-state index in [9.17, 15) is 22.4 Å². The molecule has 11 heteroatoms. The minimum absolute atomic E-state index is 0.0815. The van der Waals surface area contributed by atoms with Gasteiger partial charge in [0.1, 0.15) is 5.84 Å². The fourth-order valence-corrected chi connectivity index (χ4v) is 4.63. The first kappa shape index (κ1) is 25.6. The van der Waals surface area contributed by atoms with E-state index in [0.29, 0.717) is 24.6 Å². The molecule has 1 atom stereocenters. The van der Waals surface area contributed by atoms with Crippen molar-refractivity contribution in [2.75, 3.05) is 6.54 Å². The Kier molecular flexibility index (Phi) is 6.94. The monoisotopic (exact) mass is 531 g/mol. The molecule has 0 bridgehead atoms. The normalized spacial score (nSPS) is 19.6. The Labute approximate surface area is 210 Å². The van der Waals surface area contributed by atoms with E-state index in [1.165, 1.54) is 0 Å². The van der Waals surface area contributed by atoms with Crippen molar-refractivity contribution in [2.45, 2.75) is 51.6 Å². The molecule has 0 fully saturated rings. The SMILES string of the molecule is CC(C)CCNC(=O)c1ccc2c(c1)CN(C1=NOC(c3cc(Cl)c(F)c(Cl)c3)(C(F)(F)F)C1)C2. The summed E-state index contributed by atoms with van der Waals surface area (Å²) in [6, 6.07) is 6.95. The van der Waals surface area contributed by atoms with E-state index in [1.807, 2.05) is 0 Å². The highest BCUT2D eigenvalue weighted by Gasteiger charge is 2.63. The number of hydrogen-bond acceptors (Lipinski definition) is 4. The lowest BCUT2D eigenvalue weighted by molar-refractivity contribution is -0.275. The number of amidine groups is 1. The van der Waals surface area contributed by atoms with Crippen LogP contribution < -0.4 is 5.32 Å².